The Morgan fingerprint density at radius 3 is 2.37 bits per heavy atom. The fourth-order valence-corrected chi connectivity index (χ4v) is 3.97. The first kappa shape index (κ1) is 18.1. The number of fused-ring (bicyclic) bond motifs is 2. The summed E-state index contributed by atoms with van der Waals surface area (Å²) in [5.74, 6) is 0.908. The molecule has 4 nitrogen and oxygen atoms in total. The Balaban J connectivity index is 1.56. The van der Waals surface area contributed by atoms with Crippen molar-refractivity contribution in [3.63, 3.8) is 0 Å². The lowest BCUT2D eigenvalue weighted by Crippen LogP contribution is -2.45. The van der Waals surface area contributed by atoms with Crippen molar-refractivity contribution < 1.29 is 4.74 Å². The molecule has 142 valence electrons. The van der Waals surface area contributed by atoms with Gasteiger partial charge < -0.3 is 19.4 Å². The third-order valence-electron chi connectivity index (χ3n) is 5.65. The van der Waals surface area contributed by atoms with Crippen LogP contribution in [0.3, 0.4) is 0 Å². The molecule has 4 heteroatoms. The number of hydrogen-bond donors (Lipinski definition) is 0. The molecule has 4 rings (SSSR count). The van der Waals surface area contributed by atoms with Gasteiger partial charge in [-0.1, -0.05) is 30.4 Å². The minimum absolute atomic E-state index is 0.908. The SMILES string of the molecule is COc1ccc2c(c1)N(CCCN1CCN(C)CC1)c1ccccc1C=C2. The van der Waals surface area contributed by atoms with Gasteiger partial charge in [-0.3, -0.25) is 0 Å². The van der Waals surface area contributed by atoms with Gasteiger partial charge in [-0.15, -0.1) is 0 Å². The van der Waals surface area contributed by atoms with Crippen LogP contribution in [0.5, 0.6) is 5.75 Å². The molecule has 0 unspecified atom stereocenters. The molecule has 0 atom stereocenters. The highest BCUT2D eigenvalue weighted by Crippen LogP contribution is 2.38. The summed E-state index contributed by atoms with van der Waals surface area (Å²) in [7, 11) is 3.95. The smallest absolute Gasteiger partial charge is 0.120 e. The molecule has 2 aliphatic rings. The van der Waals surface area contributed by atoms with E-state index in [0.717, 1.165) is 25.3 Å². The van der Waals surface area contributed by atoms with E-state index in [-0.39, 0.29) is 0 Å². The molecule has 0 bridgehead atoms. The standard InChI is InChI=1S/C23H29N3O/c1-24-14-16-25(17-15-24)12-5-13-26-22-7-4-3-6-19(22)8-9-20-10-11-21(27-2)18-23(20)26/h3-4,6-11,18H,5,12-17H2,1-2H3. The first-order valence-electron chi connectivity index (χ1n) is 9.88. The number of hydrogen-bond acceptors (Lipinski definition) is 4. The Kier molecular flexibility index (Phi) is 5.46. The van der Waals surface area contributed by atoms with Crippen LogP contribution in [-0.2, 0) is 0 Å². The predicted molar refractivity (Wildman–Crippen MR) is 114 cm³/mol. The molecule has 27 heavy (non-hydrogen) atoms. The lowest BCUT2D eigenvalue weighted by molar-refractivity contribution is 0.153. The largest absolute Gasteiger partial charge is 0.497 e. The van der Waals surface area contributed by atoms with E-state index in [0.29, 0.717) is 0 Å². The van der Waals surface area contributed by atoms with Crippen LogP contribution >= 0.6 is 0 Å². The van der Waals surface area contributed by atoms with Crippen molar-refractivity contribution in [2.24, 2.45) is 0 Å². The van der Waals surface area contributed by atoms with Crippen LogP contribution in [0.15, 0.2) is 42.5 Å². The second kappa shape index (κ2) is 8.15. The average Bonchev–Trinajstić information content (AvgIpc) is 2.86. The number of para-hydroxylation sites is 1. The summed E-state index contributed by atoms with van der Waals surface area (Å²) in [6.45, 7) is 6.87. The fourth-order valence-electron chi connectivity index (χ4n) is 3.97. The fraction of sp³-hybridized carbons (Fsp3) is 0.391. The summed E-state index contributed by atoms with van der Waals surface area (Å²) < 4.78 is 5.50. The van der Waals surface area contributed by atoms with Crippen LogP contribution in [0.25, 0.3) is 12.2 Å². The summed E-state index contributed by atoms with van der Waals surface area (Å²) in [5.41, 5.74) is 5.02. The average molecular weight is 364 g/mol. The van der Waals surface area contributed by atoms with E-state index < -0.39 is 0 Å². The van der Waals surface area contributed by atoms with E-state index in [2.05, 4.69) is 70.3 Å². The van der Waals surface area contributed by atoms with E-state index >= 15 is 0 Å². The molecule has 0 spiro atoms. The number of anilines is 2. The highest BCUT2D eigenvalue weighted by Gasteiger charge is 2.19. The summed E-state index contributed by atoms with van der Waals surface area (Å²) in [6.07, 6.45) is 5.59. The molecule has 2 heterocycles. The van der Waals surface area contributed by atoms with E-state index in [1.54, 1.807) is 7.11 Å². The van der Waals surface area contributed by atoms with E-state index in [4.69, 9.17) is 4.74 Å². The molecule has 0 amide bonds. The highest BCUT2D eigenvalue weighted by molar-refractivity contribution is 5.89. The van der Waals surface area contributed by atoms with Crippen molar-refractivity contribution in [1.82, 2.24) is 9.80 Å². The summed E-state index contributed by atoms with van der Waals surface area (Å²) in [4.78, 5) is 7.47. The minimum Gasteiger partial charge on any atom is -0.497 e. The van der Waals surface area contributed by atoms with Crippen molar-refractivity contribution in [1.29, 1.82) is 0 Å². The third-order valence-corrected chi connectivity index (χ3v) is 5.65. The summed E-state index contributed by atoms with van der Waals surface area (Å²) in [5, 5.41) is 0. The molecule has 0 aliphatic carbocycles. The minimum atomic E-state index is 0.908. The van der Waals surface area contributed by atoms with Gasteiger partial charge in [0.15, 0.2) is 0 Å². The second-order valence-electron chi connectivity index (χ2n) is 7.47. The zero-order valence-electron chi connectivity index (χ0n) is 16.4. The molecule has 0 radical (unpaired) electrons. The van der Waals surface area contributed by atoms with Crippen LogP contribution < -0.4 is 9.64 Å². The van der Waals surface area contributed by atoms with Crippen molar-refractivity contribution in [2.45, 2.75) is 6.42 Å². The first-order valence-corrected chi connectivity index (χ1v) is 9.88. The first-order chi connectivity index (χ1) is 13.2. The Hall–Kier alpha value is -2.30. The van der Waals surface area contributed by atoms with Gasteiger partial charge in [-0.2, -0.15) is 0 Å². The number of piperazine rings is 1. The van der Waals surface area contributed by atoms with Crippen molar-refractivity contribution in [3.05, 3.63) is 53.6 Å². The molecule has 0 N–H and O–H groups in total. The molecular weight excluding hydrogens is 334 g/mol. The zero-order valence-corrected chi connectivity index (χ0v) is 16.4. The van der Waals surface area contributed by atoms with Crippen LogP contribution in [0.2, 0.25) is 0 Å². The monoisotopic (exact) mass is 363 g/mol. The molecule has 0 saturated carbocycles. The van der Waals surface area contributed by atoms with Gasteiger partial charge in [0.25, 0.3) is 0 Å². The molecule has 1 saturated heterocycles. The molecule has 1 fully saturated rings. The predicted octanol–water partition coefficient (Wildman–Crippen LogP) is 3.95. The number of likely N-dealkylation sites (N-methyl/N-ethyl adjacent to an activating group) is 1. The van der Waals surface area contributed by atoms with Crippen LogP contribution in [-0.4, -0.2) is 63.2 Å². The van der Waals surface area contributed by atoms with Crippen LogP contribution in [0.4, 0.5) is 11.4 Å². The Morgan fingerprint density at radius 2 is 1.59 bits per heavy atom. The summed E-state index contributed by atoms with van der Waals surface area (Å²) >= 11 is 0. The van der Waals surface area contributed by atoms with Gasteiger partial charge >= 0.3 is 0 Å². The molecule has 2 aromatic rings. The molecule has 0 aromatic heterocycles. The quantitative estimate of drug-likeness (QED) is 0.800. The third kappa shape index (κ3) is 4.02. The molecule has 2 aromatic carbocycles. The van der Waals surface area contributed by atoms with Gasteiger partial charge in [-0.25, -0.2) is 0 Å². The number of nitrogens with zero attached hydrogens (tertiary/aromatic N) is 3. The Bertz CT molecular complexity index is 809. The van der Waals surface area contributed by atoms with Crippen molar-refractivity contribution >= 4 is 23.5 Å². The lowest BCUT2D eigenvalue weighted by atomic mass is 10.1. The number of methoxy groups -OCH3 is 1. The van der Waals surface area contributed by atoms with Gasteiger partial charge in [0.2, 0.25) is 0 Å². The van der Waals surface area contributed by atoms with E-state index in [1.807, 2.05) is 6.07 Å². The summed E-state index contributed by atoms with van der Waals surface area (Å²) in [6, 6.07) is 15.0. The maximum absolute atomic E-state index is 5.50. The van der Waals surface area contributed by atoms with E-state index in [9.17, 15) is 0 Å². The maximum Gasteiger partial charge on any atom is 0.120 e. The number of ether oxygens (including phenoxy) is 1. The van der Waals surface area contributed by atoms with Gasteiger partial charge in [0, 0.05) is 44.5 Å². The van der Waals surface area contributed by atoms with Crippen molar-refractivity contribution in [3.8, 4) is 5.75 Å². The number of rotatable bonds is 5. The van der Waals surface area contributed by atoms with Crippen LogP contribution in [0, 0.1) is 0 Å². The van der Waals surface area contributed by atoms with Gasteiger partial charge in [-0.05, 0) is 49.3 Å². The molecular formula is C23H29N3O. The Labute approximate surface area is 162 Å². The van der Waals surface area contributed by atoms with Gasteiger partial charge in [0.1, 0.15) is 5.75 Å². The lowest BCUT2D eigenvalue weighted by Gasteiger charge is -2.33. The van der Waals surface area contributed by atoms with Gasteiger partial charge in [0.05, 0.1) is 12.8 Å². The Morgan fingerprint density at radius 1 is 0.852 bits per heavy atom. The normalized spacial score (nSPS) is 17.3. The zero-order chi connectivity index (χ0) is 18.6. The molecule has 2 aliphatic heterocycles. The second-order valence-corrected chi connectivity index (χ2v) is 7.47. The van der Waals surface area contributed by atoms with Crippen molar-refractivity contribution in [2.75, 3.05) is 58.3 Å². The highest BCUT2D eigenvalue weighted by atomic mass is 16.5. The maximum atomic E-state index is 5.50. The van der Waals surface area contributed by atoms with Crippen LogP contribution in [0.1, 0.15) is 17.5 Å². The number of benzene rings is 2. The topological polar surface area (TPSA) is 19.0 Å². The van der Waals surface area contributed by atoms with E-state index in [1.165, 1.54) is 48.7 Å².